The molecule has 0 radical (unpaired) electrons. The molecule has 0 aliphatic carbocycles. The monoisotopic (exact) mass is 512 g/mol. The van der Waals surface area contributed by atoms with Crippen molar-refractivity contribution in [3.05, 3.63) is 65.3 Å². The van der Waals surface area contributed by atoms with Crippen LogP contribution in [0.3, 0.4) is 0 Å². The second kappa shape index (κ2) is 12.6. The maximum atomic E-state index is 12.1. The van der Waals surface area contributed by atoms with Gasteiger partial charge in [0.15, 0.2) is 0 Å². The van der Waals surface area contributed by atoms with Gasteiger partial charge in [-0.1, -0.05) is 17.7 Å². The number of likely N-dealkylation sites (tertiary alicyclic amines) is 1. The van der Waals surface area contributed by atoms with Crippen LogP contribution >= 0.6 is 23.4 Å². The molecule has 1 aliphatic rings. The van der Waals surface area contributed by atoms with Crippen LogP contribution in [-0.4, -0.2) is 53.5 Å². The fourth-order valence-corrected chi connectivity index (χ4v) is 6.16. The molecule has 2 heterocycles. The molecule has 1 fully saturated rings. The molecule has 5 nitrogen and oxygen atoms in total. The molecule has 0 unspecified atom stereocenters. The number of rotatable bonds is 11. The van der Waals surface area contributed by atoms with Crippen LogP contribution < -0.4 is 4.74 Å². The molecule has 2 atom stereocenters. The number of fused-ring (bicyclic) bond motifs is 1. The molecule has 4 rings (SSSR count). The highest BCUT2D eigenvalue weighted by molar-refractivity contribution is 7.99. The van der Waals surface area contributed by atoms with Crippen molar-refractivity contribution in [2.75, 3.05) is 32.5 Å². The minimum atomic E-state index is -0.660. The van der Waals surface area contributed by atoms with E-state index in [2.05, 4.69) is 22.0 Å². The molecule has 0 bridgehead atoms. The van der Waals surface area contributed by atoms with Crippen molar-refractivity contribution in [3.8, 4) is 5.75 Å². The standard InChI is InChI=1S/C28H33ClN2O3S/c1-34-23-9-10-27-25(18-23)20(11-13-30-27)5-2-6-21-12-15-31(19-26(21)28(32)33)14-4-16-35-24-8-3-7-22(29)17-24/h3,7-11,13,17-18,21,26H,2,4-6,12,14-16,19H2,1H3,(H,32,33)/t21-,26+/m1/s1. The number of carboxylic acids is 1. The summed E-state index contributed by atoms with van der Waals surface area (Å²) in [6.07, 6.45) is 6.66. The second-order valence-corrected chi connectivity index (χ2v) is 10.8. The highest BCUT2D eigenvalue weighted by atomic mass is 35.5. The zero-order valence-electron chi connectivity index (χ0n) is 20.2. The number of pyridine rings is 1. The molecule has 186 valence electrons. The maximum absolute atomic E-state index is 12.1. The van der Waals surface area contributed by atoms with Crippen molar-refractivity contribution in [1.29, 1.82) is 0 Å². The summed E-state index contributed by atoms with van der Waals surface area (Å²) < 4.78 is 5.39. The summed E-state index contributed by atoms with van der Waals surface area (Å²) >= 11 is 7.87. The number of nitrogens with zero attached hydrogens (tertiary/aromatic N) is 2. The van der Waals surface area contributed by atoms with Gasteiger partial charge in [-0.3, -0.25) is 9.78 Å². The van der Waals surface area contributed by atoms with Gasteiger partial charge in [0.2, 0.25) is 0 Å². The Bertz CT molecular complexity index is 1140. The van der Waals surface area contributed by atoms with Gasteiger partial charge in [-0.2, -0.15) is 0 Å². The van der Waals surface area contributed by atoms with Gasteiger partial charge in [-0.05, 0) is 105 Å². The average molecular weight is 513 g/mol. The second-order valence-electron chi connectivity index (χ2n) is 9.20. The van der Waals surface area contributed by atoms with Crippen LogP contribution in [-0.2, 0) is 11.2 Å². The number of hydrogen-bond acceptors (Lipinski definition) is 5. The summed E-state index contributed by atoms with van der Waals surface area (Å²) in [7, 11) is 1.67. The van der Waals surface area contributed by atoms with Gasteiger partial charge in [0.1, 0.15) is 5.75 Å². The predicted molar refractivity (Wildman–Crippen MR) is 144 cm³/mol. The van der Waals surface area contributed by atoms with Gasteiger partial charge >= 0.3 is 5.97 Å². The minimum Gasteiger partial charge on any atom is -0.497 e. The van der Waals surface area contributed by atoms with Crippen molar-refractivity contribution in [2.24, 2.45) is 11.8 Å². The number of ether oxygens (including phenoxy) is 1. The van der Waals surface area contributed by atoms with E-state index in [4.69, 9.17) is 16.3 Å². The van der Waals surface area contributed by atoms with Crippen LogP contribution in [0.4, 0.5) is 0 Å². The zero-order valence-corrected chi connectivity index (χ0v) is 21.7. The number of piperidine rings is 1. The molecule has 2 aromatic carbocycles. The minimum absolute atomic E-state index is 0.229. The number of hydrogen-bond donors (Lipinski definition) is 1. The van der Waals surface area contributed by atoms with E-state index < -0.39 is 5.97 Å². The third-order valence-corrected chi connectivity index (χ3v) is 8.22. The summed E-state index contributed by atoms with van der Waals surface area (Å²) in [4.78, 5) is 20.0. The van der Waals surface area contributed by atoms with E-state index in [1.165, 1.54) is 10.5 Å². The van der Waals surface area contributed by atoms with E-state index in [9.17, 15) is 9.90 Å². The first-order valence-electron chi connectivity index (χ1n) is 12.3. The molecule has 1 aliphatic heterocycles. The lowest BCUT2D eigenvalue weighted by molar-refractivity contribution is -0.146. The van der Waals surface area contributed by atoms with Crippen LogP contribution in [0, 0.1) is 11.8 Å². The van der Waals surface area contributed by atoms with Crippen LogP contribution in [0.15, 0.2) is 59.6 Å². The number of aromatic nitrogens is 1. The summed E-state index contributed by atoms with van der Waals surface area (Å²) in [5.41, 5.74) is 2.21. The number of aryl methyl sites for hydroxylation is 1. The van der Waals surface area contributed by atoms with Gasteiger partial charge in [0.25, 0.3) is 0 Å². The number of thioether (sulfide) groups is 1. The van der Waals surface area contributed by atoms with Gasteiger partial charge in [-0.25, -0.2) is 0 Å². The van der Waals surface area contributed by atoms with Gasteiger partial charge in [0, 0.05) is 28.0 Å². The number of halogens is 1. The average Bonchev–Trinajstić information content (AvgIpc) is 2.87. The van der Waals surface area contributed by atoms with Crippen LogP contribution in [0.2, 0.25) is 5.02 Å². The van der Waals surface area contributed by atoms with E-state index in [0.717, 1.165) is 72.6 Å². The molecule has 7 heteroatoms. The van der Waals surface area contributed by atoms with E-state index in [-0.39, 0.29) is 11.8 Å². The smallest absolute Gasteiger partial charge is 0.308 e. The SMILES string of the molecule is COc1ccc2nccc(CCC[C@@H]3CCN(CCCSc4cccc(Cl)c4)C[C@@H]3C(=O)O)c2c1. The Hall–Kier alpha value is -2.28. The highest BCUT2D eigenvalue weighted by Gasteiger charge is 2.33. The Labute approximate surface area is 216 Å². The Balaban J connectivity index is 1.26. The van der Waals surface area contributed by atoms with Crippen molar-refractivity contribution in [3.63, 3.8) is 0 Å². The Kier molecular flexibility index (Phi) is 9.30. The number of carbonyl (C=O) groups is 1. The lowest BCUT2D eigenvalue weighted by Gasteiger charge is -2.36. The molecule has 1 N–H and O–H groups in total. The number of carboxylic acid groups (broad SMARTS) is 1. The molecule has 35 heavy (non-hydrogen) atoms. The molecule has 0 amide bonds. The zero-order chi connectivity index (χ0) is 24.6. The van der Waals surface area contributed by atoms with Gasteiger partial charge in [-0.15, -0.1) is 11.8 Å². The Morgan fingerprint density at radius 2 is 2.11 bits per heavy atom. The van der Waals surface area contributed by atoms with Crippen molar-refractivity contribution < 1.29 is 14.6 Å². The summed E-state index contributed by atoms with van der Waals surface area (Å²) in [6.45, 7) is 2.57. The summed E-state index contributed by atoms with van der Waals surface area (Å²) in [5.74, 6) is 1.11. The quantitative estimate of drug-likeness (QED) is 0.236. The largest absolute Gasteiger partial charge is 0.497 e. The van der Waals surface area contributed by atoms with Crippen molar-refractivity contribution >= 4 is 40.2 Å². The predicted octanol–water partition coefficient (Wildman–Crippen LogP) is 6.42. The van der Waals surface area contributed by atoms with Crippen molar-refractivity contribution in [2.45, 2.75) is 37.0 Å². The van der Waals surface area contributed by atoms with E-state index in [0.29, 0.717) is 6.54 Å². The van der Waals surface area contributed by atoms with Gasteiger partial charge < -0.3 is 14.7 Å². The fraction of sp³-hybridized carbons (Fsp3) is 0.429. The third-order valence-electron chi connectivity index (χ3n) is 6.90. The number of benzene rings is 2. The summed E-state index contributed by atoms with van der Waals surface area (Å²) in [6, 6.07) is 16.0. The number of aliphatic carboxylic acids is 1. The van der Waals surface area contributed by atoms with Gasteiger partial charge in [0.05, 0.1) is 18.5 Å². The maximum Gasteiger partial charge on any atom is 0.308 e. The van der Waals surface area contributed by atoms with Crippen LogP contribution in [0.1, 0.15) is 31.2 Å². The Morgan fingerprint density at radius 3 is 2.91 bits per heavy atom. The lowest BCUT2D eigenvalue weighted by atomic mass is 9.81. The topological polar surface area (TPSA) is 62.7 Å². The van der Waals surface area contributed by atoms with Crippen LogP contribution in [0.5, 0.6) is 5.75 Å². The number of methoxy groups -OCH3 is 1. The molecule has 0 spiro atoms. The first kappa shape index (κ1) is 25.8. The molecule has 3 aromatic rings. The summed E-state index contributed by atoms with van der Waals surface area (Å²) in [5, 5.41) is 11.8. The Morgan fingerprint density at radius 1 is 1.23 bits per heavy atom. The molecule has 0 saturated carbocycles. The molecular formula is C28H33ClN2O3S. The fourth-order valence-electron chi connectivity index (χ4n) is 5.01. The first-order valence-corrected chi connectivity index (χ1v) is 13.6. The van der Waals surface area contributed by atoms with E-state index >= 15 is 0 Å². The van der Waals surface area contributed by atoms with E-state index in [1.807, 2.05) is 42.6 Å². The first-order chi connectivity index (χ1) is 17.0. The molecule has 1 saturated heterocycles. The van der Waals surface area contributed by atoms with E-state index in [1.54, 1.807) is 18.9 Å². The lowest BCUT2D eigenvalue weighted by Crippen LogP contribution is -2.44. The normalized spacial score (nSPS) is 18.6. The third kappa shape index (κ3) is 7.12. The molecular weight excluding hydrogens is 480 g/mol. The van der Waals surface area contributed by atoms with Crippen molar-refractivity contribution in [1.82, 2.24) is 9.88 Å². The van der Waals surface area contributed by atoms with Crippen LogP contribution in [0.25, 0.3) is 10.9 Å². The molecule has 1 aromatic heterocycles. The highest BCUT2D eigenvalue weighted by Crippen LogP contribution is 2.30.